The zero-order valence-corrected chi connectivity index (χ0v) is 12.1. The van der Waals surface area contributed by atoms with Crippen molar-refractivity contribution in [1.29, 1.82) is 0 Å². The van der Waals surface area contributed by atoms with Crippen LogP contribution in [0, 0.1) is 5.41 Å². The molecule has 0 fully saturated rings. The predicted molar refractivity (Wildman–Crippen MR) is 80.0 cm³/mol. The molecule has 22 heavy (non-hydrogen) atoms. The van der Waals surface area contributed by atoms with Crippen LogP contribution in [0.3, 0.4) is 0 Å². The summed E-state index contributed by atoms with van der Waals surface area (Å²) in [4.78, 5) is 20.7. The number of carboxylic acids is 2. The molecule has 1 aromatic rings. The quantitative estimate of drug-likeness (QED) is 0.630. The Morgan fingerprint density at radius 2 is 1.36 bits per heavy atom. The molecular formula is C16H20O6. The van der Waals surface area contributed by atoms with Crippen LogP contribution in [0.4, 0.5) is 0 Å². The molecule has 0 bridgehead atoms. The van der Waals surface area contributed by atoms with Gasteiger partial charge >= 0.3 is 11.9 Å². The topological polar surface area (TPSA) is 115 Å². The molecule has 4 N–H and O–H groups in total. The van der Waals surface area contributed by atoms with Gasteiger partial charge in [-0.3, -0.25) is 0 Å². The Balaban J connectivity index is 0.000000224. The van der Waals surface area contributed by atoms with E-state index in [1.54, 1.807) is 0 Å². The van der Waals surface area contributed by atoms with Gasteiger partial charge in [-0.05, 0) is 43.5 Å². The fraction of sp³-hybridized carbons (Fsp3) is 0.375. The Bertz CT molecular complexity index is 495. The molecule has 2 rings (SSSR count). The maximum absolute atomic E-state index is 10.3. The van der Waals surface area contributed by atoms with Crippen molar-refractivity contribution in [3.8, 4) is 0 Å². The van der Waals surface area contributed by atoms with E-state index in [0.29, 0.717) is 0 Å². The Morgan fingerprint density at radius 3 is 1.59 bits per heavy atom. The van der Waals surface area contributed by atoms with E-state index in [-0.39, 0.29) is 29.8 Å². The highest BCUT2D eigenvalue weighted by molar-refractivity contribution is 5.91. The number of allylic oxidation sites excluding steroid dienone is 2. The van der Waals surface area contributed by atoms with E-state index in [1.165, 1.54) is 24.3 Å². The van der Waals surface area contributed by atoms with E-state index < -0.39 is 11.9 Å². The smallest absolute Gasteiger partial charge is 0.335 e. The molecule has 120 valence electrons. The molecule has 0 aromatic heterocycles. The van der Waals surface area contributed by atoms with Crippen LogP contribution in [0.2, 0.25) is 0 Å². The highest BCUT2D eigenvalue weighted by atomic mass is 16.4. The van der Waals surface area contributed by atoms with Crippen molar-refractivity contribution < 1.29 is 30.0 Å². The summed E-state index contributed by atoms with van der Waals surface area (Å²) in [6, 6.07) is 5.02. The van der Waals surface area contributed by atoms with Gasteiger partial charge in [0, 0.05) is 5.41 Å². The molecular weight excluding hydrogens is 288 g/mol. The van der Waals surface area contributed by atoms with Gasteiger partial charge in [-0.1, -0.05) is 12.2 Å². The molecule has 0 amide bonds. The maximum Gasteiger partial charge on any atom is 0.335 e. The van der Waals surface area contributed by atoms with Gasteiger partial charge in [0.1, 0.15) is 0 Å². The third-order valence-electron chi connectivity index (χ3n) is 3.61. The number of aromatic carboxylic acids is 2. The third kappa shape index (κ3) is 4.98. The number of hydrogen-bond donors (Lipinski definition) is 4. The van der Waals surface area contributed by atoms with Crippen LogP contribution in [0.25, 0.3) is 0 Å². The lowest BCUT2D eigenvalue weighted by Gasteiger charge is -2.30. The molecule has 0 atom stereocenters. The Hall–Kier alpha value is -2.18. The molecule has 6 nitrogen and oxygen atoms in total. The molecule has 0 spiro atoms. The monoisotopic (exact) mass is 308 g/mol. The van der Waals surface area contributed by atoms with E-state index in [4.69, 9.17) is 20.4 Å². The summed E-state index contributed by atoms with van der Waals surface area (Å²) in [6.07, 6.45) is 6.86. The van der Waals surface area contributed by atoms with E-state index in [2.05, 4.69) is 6.08 Å². The van der Waals surface area contributed by atoms with Crippen molar-refractivity contribution in [3.63, 3.8) is 0 Å². The number of hydrogen-bond acceptors (Lipinski definition) is 4. The summed E-state index contributed by atoms with van der Waals surface area (Å²) in [5, 5.41) is 34.8. The van der Waals surface area contributed by atoms with Crippen molar-refractivity contribution in [2.75, 3.05) is 13.2 Å². The normalized spacial score (nSPS) is 15.5. The van der Waals surface area contributed by atoms with Gasteiger partial charge in [-0.25, -0.2) is 9.59 Å². The number of rotatable bonds is 4. The van der Waals surface area contributed by atoms with Gasteiger partial charge < -0.3 is 20.4 Å². The van der Waals surface area contributed by atoms with Crippen LogP contribution in [0.1, 0.15) is 40.0 Å². The fourth-order valence-electron chi connectivity index (χ4n) is 2.04. The van der Waals surface area contributed by atoms with E-state index in [0.717, 1.165) is 19.3 Å². The second-order valence-electron chi connectivity index (χ2n) is 5.22. The molecule has 0 aliphatic heterocycles. The summed E-state index contributed by atoms with van der Waals surface area (Å²) in [5.41, 5.74) is -0.0469. The SMILES string of the molecule is O=C(O)c1ccc(C(=O)O)cc1.OCC1(CO)CC=CCC1. The molecule has 6 heteroatoms. The molecule has 1 aliphatic carbocycles. The van der Waals surface area contributed by atoms with E-state index in [1.807, 2.05) is 6.08 Å². The summed E-state index contributed by atoms with van der Waals surface area (Å²) in [7, 11) is 0. The lowest BCUT2D eigenvalue weighted by Crippen LogP contribution is -2.30. The van der Waals surface area contributed by atoms with Gasteiger partial charge in [0.15, 0.2) is 0 Å². The molecule has 0 heterocycles. The first-order valence-electron chi connectivity index (χ1n) is 6.87. The highest BCUT2D eigenvalue weighted by Gasteiger charge is 2.28. The number of carboxylic acid groups (broad SMARTS) is 2. The number of aliphatic hydroxyl groups excluding tert-OH is 2. The second kappa shape index (κ2) is 8.31. The number of carbonyl (C=O) groups is 2. The van der Waals surface area contributed by atoms with Gasteiger partial charge in [-0.15, -0.1) is 0 Å². The van der Waals surface area contributed by atoms with Crippen molar-refractivity contribution in [2.24, 2.45) is 5.41 Å². The average Bonchev–Trinajstić information content (AvgIpc) is 2.56. The molecule has 1 aromatic carbocycles. The van der Waals surface area contributed by atoms with Crippen molar-refractivity contribution in [3.05, 3.63) is 47.5 Å². The van der Waals surface area contributed by atoms with Crippen molar-refractivity contribution >= 4 is 11.9 Å². The summed E-state index contributed by atoms with van der Waals surface area (Å²) >= 11 is 0. The van der Waals surface area contributed by atoms with Crippen LogP contribution < -0.4 is 0 Å². The van der Waals surface area contributed by atoms with E-state index in [9.17, 15) is 9.59 Å². The highest BCUT2D eigenvalue weighted by Crippen LogP contribution is 2.31. The molecule has 0 radical (unpaired) electrons. The first-order valence-corrected chi connectivity index (χ1v) is 6.87. The summed E-state index contributed by atoms with van der Waals surface area (Å²) in [6.45, 7) is 0.210. The fourth-order valence-corrected chi connectivity index (χ4v) is 2.04. The first kappa shape index (κ1) is 17.9. The van der Waals surface area contributed by atoms with Crippen LogP contribution in [-0.4, -0.2) is 45.6 Å². The van der Waals surface area contributed by atoms with Crippen molar-refractivity contribution in [2.45, 2.75) is 19.3 Å². The van der Waals surface area contributed by atoms with Gasteiger partial charge in [0.25, 0.3) is 0 Å². The standard InChI is InChI=1S/C8H6O4.C8H14O2/c9-7(10)5-1-2-6(4-3-5)8(11)12;9-6-8(7-10)4-2-1-3-5-8/h1-4H,(H,9,10)(H,11,12);1-2,9-10H,3-7H2. The Labute approximate surface area is 128 Å². The summed E-state index contributed by atoms with van der Waals surface area (Å²) < 4.78 is 0. The lowest BCUT2D eigenvalue weighted by molar-refractivity contribution is 0.0471. The van der Waals surface area contributed by atoms with Crippen LogP contribution in [-0.2, 0) is 0 Å². The molecule has 0 saturated carbocycles. The second-order valence-corrected chi connectivity index (χ2v) is 5.22. The number of benzene rings is 1. The Kier molecular flexibility index (Phi) is 6.75. The van der Waals surface area contributed by atoms with E-state index >= 15 is 0 Å². The van der Waals surface area contributed by atoms with Gasteiger partial charge in [-0.2, -0.15) is 0 Å². The minimum atomic E-state index is -1.06. The average molecular weight is 308 g/mol. The Morgan fingerprint density at radius 1 is 0.909 bits per heavy atom. The summed E-state index contributed by atoms with van der Waals surface area (Å²) in [5.74, 6) is -2.13. The maximum atomic E-state index is 10.3. The lowest BCUT2D eigenvalue weighted by atomic mass is 9.79. The minimum Gasteiger partial charge on any atom is -0.478 e. The van der Waals surface area contributed by atoms with Gasteiger partial charge in [0.05, 0.1) is 24.3 Å². The number of aliphatic hydroxyl groups is 2. The van der Waals surface area contributed by atoms with Crippen LogP contribution >= 0.6 is 0 Å². The molecule has 0 unspecified atom stereocenters. The van der Waals surface area contributed by atoms with Crippen LogP contribution in [0.5, 0.6) is 0 Å². The largest absolute Gasteiger partial charge is 0.478 e. The molecule has 1 aliphatic rings. The zero-order chi connectivity index (χ0) is 16.6. The third-order valence-corrected chi connectivity index (χ3v) is 3.61. The minimum absolute atomic E-state index is 0.0833. The van der Waals surface area contributed by atoms with Crippen LogP contribution in [0.15, 0.2) is 36.4 Å². The predicted octanol–water partition coefficient (Wildman–Crippen LogP) is 1.78. The van der Waals surface area contributed by atoms with Gasteiger partial charge in [0.2, 0.25) is 0 Å². The molecule has 0 saturated heterocycles. The first-order chi connectivity index (χ1) is 10.4. The van der Waals surface area contributed by atoms with Crippen molar-refractivity contribution in [1.82, 2.24) is 0 Å². The zero-order valence-electron chi connectivity index (χ0n) is 12.1.